The van der Waals surface area contributed by atoms with Gasteiger partial charge in [-0.3, -0.25) is 4.79 Å². The summed E-state index contributed by atoms with van der Waals surface area (Å²) in [5.41, 5.74) is 0. The van der Waals surface area contributed by atoms with Gasteiger partial charge in [-0.2, -0.15) is 0 Å². The van der Waals surface area contributed by atoms with Crippen LogP contribution in [0.15, 0.2) is 0 Å². The summed E-state index contributed by atoms with van der Waals surface area (Å²) < 4.78 is 5.31. The fourth-order valence-corrected chi connectivity index (χ4v) is 2.81. The number of nitrogens with zero attached hydrogens (tertiary/aromatic N) is 2. The number of rotatable bonds is 3. The zero-order chi connectivity index (χ0) is 14.0. The van der Waals surface area contributed by atoms with Crippen molar-refractivity contribution in [3.8, 4) is 0 Å². The highest BCUT2D eigenvalue weighted by molar-refractivity contribution is 5.82. The second-order valence-corrected chi connectivity index (χ2v) is 5.55. The largest absolute Gasteiger partial charge is 0.479 e. The highest BCUT2D eigenvalue weighted by Gasteiger charge is 2.37. The molecule has 2 saturated heterocycles. The zero-order valence-electron chi connectivity index (χ0n) is 11.5. The van der Waals surface area contributed by atoms with Crippen LogP contribution in [-0.2, 0) is 14.3 Å². The van der Waals surface area contributed by atoms with Crippen LogP contribution in [-0.4, -0.2) is 72.2 Å². The van der Waals surface area contributed by atoms with Gasteiger partial charge in [0, 0.05) is 19.1 Å². The minimum Gasteiger partial charge on any atom is -0.479 e. The number of carbonyl (C=O) groups excluding carboxylic acids is 1. The molecule has 0 aromatic heterocycles. The summed E-state index contributed by atoms with van der Waals surface area (Å²) in [6.07, 6.45) is 1.51. The Kier molecular flexibility index (Phi) is 4.42. The Morgan fingerprint density at radius 3 is 2.16 bits per heavy atom. The van der Waals surface area contributed by atoms with Crippen molar-refractivity contribution in [2.75, 3.05) is 27.2 Å². The molecule has 2 fully saturated rings. The maximum Gasteiger partial charge on any atom is 0.332 e. The number of likely N-dealkylation sites (tertiary alicyclic amines) is 1. The lowest BCUT2D eigenvalue weighted by Gasteiger charge is -2.36. The molecule has 0 saturated carbocycles. The smallest absolute Gasteiger partial charge is 0.332 e. The summed E-state index contributed by atoms with van der Waals surface area (Å²) in [6, 6.07) is 0.528. The molecule has 2 rings (SSSR count). The number of hydrogen-bond acceptors (Lipinski definition) is 4. The molecule has 0 bridgehead atoms. The first kappa shape index (κ1) is 14.3. The summed E-state index contributed by atoms with van der Waals surface area (Å²) >= 11 is 0. The normalized spacial score (nSPS) is 28.9. The number of hydrogen-bond donors (Lipinski definition) is 1. The number of aliphatic carboxylic acids is 1. The van der Waals surface area contributed by atoms with Crippen LogP contribution in [0.5, 0.6) is 0 Å². The van der Waals surface area contributed by atoms with E-state index in [9.17, 15) is 9.59 Å². The molecule has 2 unspecified atom stereocenters. The van der Waals surface area contributed by atoms with Crippen LogP contribution in [0, 0.1) is 0 Å². The standard InChI is InChI=1S/C13H22N2O4/c1-14(2)9-5-7-15(8-6-9)12(16)10-3-4-11(19-10)13(17)18/h9-11H,3-8H2,1-2H3,(H,17,18). The van der Waals surface area contributed by atoms with Crippen molar-refractivity contribution in [2.45, 2.75) is 43.9 Å². The minimum atomic E-state index is -0.971. The van der Waals surface area contributed by atoms with Crippen molar-refractivity contribution in [1.82, 2.24) is 9.80 Å². The Hall–Kier alpha value is -1.14. The average Bonchev–Trinajstić information content (AvgIpc) is 2.87. The number of carbonyl (C=O) groups is 2. The van der Waals surface area contributed by atoms with Gasteiger partial charge in [0.1, 0.15) is 6.10 Å². The molecular weight excluding hydrogens is 248 g/mol. The van der Waals surface area contributed by atoms with Gasteiger partial charge in [-0.25, -0.2) is 4.79 Å². The van der Waals surface area contributed by atoms with E-state index >= 15 is 0 Å². The van der Waals surface area contributed by atoms with Crippen LogP contribution in [0.1, 0.15) is 25.7 Å². The molecule has 0 radical (unpaired) electrons. The van der Waals surface area contributed by atoms with Crippen molar-refractivity contribution in [3.63, 3.8) is 0 Å². The van der Waals surface area contributed by atoms with Crippen LogP contribution in [0.3, 0.4) is 0 Å². The van der Waals surface area contributed by atoms with Crippen LogP contribution < -0.4 is 0 Å². The zero-order valence-corrected chi connectivity index (χ0v) is 11.5. The topological polar surface area (TPSA) is 70.1 Å². The molecule has 0 aromatic carbocycles. The molecule has 1 amide bonds. The van der Waals surface area contributed by atoms with Crippen molar-refractivity contribution in [2.24, 2.45) is 0 Å². The molecule has 0 spiro atoms. The van der Waals surface area contributed by atoms with Crippen molar-refractivity contribution in [1.29, 1.82) is 0 Å². The lowest BCUT2D eigenvalue weighted by Crippen LogP contribution is -2.47. The van der Waals surface area contributed by atoms with E-state index in [-0.39, 0.29) is 5.91 Å². The van der Waals surface area contributed by atoms with Crippen molar-refractivity contribution >= 4 is 11.9 Å². The average molecular weight is 270 g/mol. The van der Waals surface area contributed by atoms with Crippen molar-refractivity contribution in [3.05, 3.63) is 0 Å². The molecule has 1 N–H and O–H groups in total. The van der Waals surface area contributed by atoms with E-state index in [1.165, 1.54) is 0 Å². The molecule has 0 aliphatic carbocycles. The van der Waals surface area contributed by atoms with Crippen LogP contribution >= 0.6 is 0 Å². The summed E-state index contributed by atoms with van der Waals surface area (Å²) in [5, 5.41) is 8.86. The van der Waals surface area contributed by atoms with Crippen LogP contribution in [0.2, 0.25) is 0 Å². The molecule has 2 heterocycles. The van der Waals surface area contributed by atoms with E-state index in [0.29, 0.717) is 18.9 Å². The van der Waals surface area contributed by atoms with Gasteiger partial charge in [-0.1, -0.05) is 0 Å². The predicted molar refractivity (Wildman–Crippen MR) is 68.8 cm³/mol. The quantitative estimate of drug-likeness (QED) is 0.791. The Morgan fingerprint density at radius 2 is 1.68 bits per heavy atom. The van der Waals surface area contributed by atoms with E-state index in [0.717, 1.165) is 25.9 Å². The molecular formula is C13H22N2O4. The van der Waals surface area contributed by atoms with E-state index in [1.807, 2.05) is 4.90 Å². The molecule has 6 heteroatoms. The van der Waals surface area contributed by atoms with Crippen LogP contribution in [0.4, 0.5) is 0 Å². The minimum absolute atomic E-state index is 0.0408. The maximum atomic E-state index is 12.2. The Bertz CT molecular complexity index is 351. The number of amides is 1. The molecule has 0 aromatic rings. The third kappa shape index (κ3) is 3.25. The molecule has 2 atom stereocenters. The first-order valence-electron chi connectivity index (χ1n) is 6.82. The first-order valence-corrected chi connectivity index (χ1v) is 6.82. The first-order chi connectivity index (χ1) is 8.99. The van der Waals surface area contributed by atoms with Gasteiger partial charge in [-0.05, 0) is 39.8 Å². The van der Waals surface area contributed by atoms with E-state index in [2.05, 4.69) is 19.0 Å². The third-order valence-electron chi connectivity index (χ3n) is 4.08. The lowest BCUT2D eigenvalue weighted by atomic mass is 10.0. The Labute approximate surface area is 113 Å². The molecule has 6 nitrogen and oxygen atoms in total. The second kappa shape index (κ2) is 5.88. The van der Waals surface area contributed by atoms with E-state index in [4.69, 9.17) is 9.84 Å². The number of ether oxygens (including phenoxy) is 1. The van der Waals surface area contributed by atoms with Gasteiger partial charge in [-0.15, -0.1) is 0 Å². The fraction of sp³-hybridized carbons (Fsp3) is 0.846. The summed E-state index contributed by atoms with van der Waals surface area (Å²) in [5.74, 6) is -1.01. The highest BCUT2D eigenvalue weighted by Crippen LogP contribution is 2.23. The Morgan fingerprint density at radius 1 is 1.11 bits per heavy atom. The second-order valence-electron chi connectivity index (χ2n) is 5.55. The van der Waals surface area contributed by atoms with Gasteiger partial charge < -0.3 is 19.6 Å². The third-order valence-corrected chi connectivity index (χ3v) is 4.08. The fourth-order valence-electron chi connectivity index (χ4n) is 2.81. The number of carboxylic acid groups (broad SMARTS) is 1. The van der Waals surface area contributed by atoms with E-state index in [1.54, 1.807) is 0 Å². The van der Waals surface area contributed by atoms with Gasteiger partial charge in [0.15, 0.2) is 6.10 Å². The predicted octanol–water partition coefficient (Wildman–Crippen LogP) is 0.171. The van der Waals surface area contributed by atoms with Crippen molar-refractivity contribution < 1.29 is 19.4 Å². The molecule has 108 valence electrons. The monoisotopic (exact) mass is 270 g/mol. The highest BCUT2D eigenvalue weighted by atomic mass is 16.5. The molecule has 19 heavy (non-hydrogen) atoms. The summed E-state index contributed by atoms with van der Waals surface area (Å²) in [4.78, 5) is 27.1. The van der Waals surface area contributed by atoms with Gasteiger partial charge in [0.05, 0.1) is 0 Å². The molecule has 2 aliphatic heterocycles. The number of piperidine rings is 1. The molecule has 2 aliphatic rings. The van der Waals surface area contributed by atoms with Gasteiger partial charge in [0.2, 0.25) is 0 Å². The van der Waals surface area contributed by atoms with E-state index < -0.39 is 18.2 Å². The van der Waals surface area contributed by atoms with Crippen LogP contribution in [0.25, 0.3) is 0 Å². The Balaban J connectivity index is 1.83. The SMILES string of the molecule is CN(C)C1CCN(C(=O)C2CCC(C(=O)O)O2)CC1. The maximum absolute atomic E-state index is 12.2. The summed E-state index contributed by atoms with van der Waals surface area (Å²) in [7, 11) is 4.11. The van der Waals surface area contributed by atoms with Gasteiger partial charge >= 0.3 is 5.97 Å². The summed E-state index contributed by atoms with van der Waals surface area (Å²) in [6.45, 7) is 1.47. The lowest BCUT2D eigenvalue weighted by molar-refractivity contribution is -0.155. The van der Waals surface area contributed by atoms with Gasteiger partial charge in [0.25, 0.3) is 5.91 Å². The number of carboxylic acids is 1.